The summed E-state index contributed by atoms with van der Waals surface area (Å²) in [6.45, 7) is 0. The molecular formula is C16H10ClF4N3O2. The summed E-state index contributed by atoms with van der Waals surface area (Å²) in [7, 11) is 0.786. The maximum atomic E-state index is 14.2. The van der Waals surface area contributed by atoms with Crippen LogP contribution in [0, 0.1) is 5.82 Å². The number of carbonyl (C=O) groups is 1. The summed E-state index contributed by atoms with van der Waals surface area (Å²) in [5.74, 6) is -3.32. The Morgan fingerprint density at radius 1 is 1.23 bits per heavy atom. The van der Waals surface area contributed by atoms with Crippen LogP contribution in [0.2, 0.25) is 0 Å². The average molecular weight is 388 g/mol. The Hall–Kier alpha value is -2.68. The van der Waals surface area contributed by atoms with Crippen molar-refractivity contribution >= 4 is 29.2 Å². The Morgan fingerprint density at radius 2 is 1.92 bits per heavy atom. The van der Waals surface area contributed by atoms with Gasteiger partial charge in [0.05, 0.1) is 17.7 Å². The van der Waals surface area contributed by atoms with Crippen molar-refractivity contribution in [1.82, 2.24) is 4.90 Å². The minimum absolute atomic E-state index is 0.158. The second kappa shape index (κ2) is 6.24. The monoisotopic (exact) mass is 387 g/mol. The maximum Gasteiger partial charge on any atom is 0.445 e. The van der Waals surface area contributed by atoms with Gasteiger partial charge in [-0.2, -0.15) is 13.2 Å². The van der Waals surface area contributed by atoms with E-state index < -0.39 is 29.5 Å². The number of nitrogens with zero attached hydrogens (tertiary/aromatic N) is 3. The molecule has 0 saturated carbocycles. The molecule has 2 aliphatic heterocycles. The minimum Gasteiger partial charge on any atom is -0.465 e. The van der Waals surface area contributed by atoms with E-state index in [1.54, 1.807) is 0 Å². The molecule has 1 atom stereocenters. The zero-order valence-electron chi connectivity index (χ0n) is 13.1. The van der Waals surface area contributed by atoms with Crippen molar-refractivity contribution in [2.45, 2.75) is 11.8 Å². The lowest BCUT2D eigenvalue weighted by atomic mass is 10.1. The summed E-state index contributed by atoms with van der Waals surface area (Å²) >= 11 is 5.89. The third kappa shape index (κ3) is 2.78. The summed E-state index contributed by atoms with van der Waals surface area (Å²) in [6.07, 6.45) is -1.53. The highest BCUT2D eigenvalue weighted by atomic mass is 35.5. The number of ether oxygens (including phenoxy) is 1. The molecule has 0 saturated heterocycles. The van der Waals surface area contributed by atoms with Crippen molar-refractivity contribution in [3.05, 3.63) is 59.0 Å². The van der Waals surface area contributed by atoms with Gasteiger partial charge in [0.15, 0.2) is 0 Å². The van der Waals surface area contributed by atoms with Gasteiger partial charge in [0.2, 0.25) is 0 Å². The molecule has 0 aromatic heterocycles. The van der Waals surface area contributed by atoms with E-state index in [0.717, 1.165) is 18.1 Å². The minimum atomic E-state index is -5.21. The van der Waals surface area contributed by atoms with E-state index in [0.29, 0.717) is 0 Å². The molecule has 1 aromatic rings. The second-order valence-electron chi connectivity index (χ2n) is 5.26. The number of benzene rings is 1. The van der Waals surface area contributed by atoms with Crippen LogP contribution in [0.25, 0.3) is 0 Å². The maximum absolute atomic E-state index is 14.2. The zero-order chi connectivity index (χ0) is 19.1. The fourth-order valence-corrected chi connectivity index (χ4v) is 2.59. The highest BCUT2D eigenvalue weighted by Gasteiger charge is 2.65. The van der Waals surface area contributed by atoms with Gasteiger partial charge in [-0.3, -0.25) is 4.90 Å². The first-order valence-electron chi connectivity index (χ1n) is 7.14. The molecule has 0 N–H and O–H groups in total. The van der Waals surface area contributed by atoms with Crippen LogP contribution in [-0.2, 0) is 9.53 Å². The van der Waals surface area contributed by atoms with Crippen LogP contribution >= 0.6 is 11.6 Å². The van der Waals surface area contributed by atoms with Gasteiger partial charge >= 0.3 is 17.8 Å². The first-order chi connectivity index (χ1) is 12.2. The van der Waals surface area contributed by atoms with Crippen LogP contribution in [0.5, 0.6) is 0 Å². The quantitative estimate of drug-likeness (QED) is 0.577. The van der Waals surface area contributed by atoms with E-state index in [-0.39, 0.29) is 16.4 Å². The Balaban J connectivity index is 2.31. The number of carbonyl (C=O) groups excluding carboxylic acids is 1. The first-order valence-corrected chi connectivity index (χ1v) is 7.52. The average Bonchev–Trinajstić information content (AvgIpc) is 2.59. The first kappa shape index (κ1) is 18.1. The number of hydrogen-bond acceptors (Lipinski definition) is 5. The molecule has 10 heteroatoms. The summed E-state index contributed by atoms with van der Waals surface area (Å²) in [4.78, 5) is 20.0. The lowest BCUT2D eigenvalue weighted by Gasteiger charge is -2.36. The molecule has 1 aromatic carbocycles. The van der Waals surface area contributed by atoms with Gasteiger partial charge in [-0.1, -0.05) is 23.7 Å². The normalized spacial score (nSPS) is 22.2. The third-order valence-corrected chi connectivity index (χ3v) is 3.87. The molecule has 3 rings (SSSR count). The fraction of sp³-hybridized carbons (Fsp3) is 0.188. The molecule has 26 heavy (non-hydrogen) atoms. The molecule has 0 aliphatic carbocycles. The van der Waals surface area contributed by atoms with E-state index in [1.165, 1.54) is 36.6 Å². The Labute approximate surface area is 149 Å². The van der Waals surface area contributed by atoms with Crippen molar-refractivity contribution in [2.24, 2.45) is 9.98 Å². The van der Waals surface area contributed by atoms with Crippen LogP contribution in [0.1, 0.15) is 5.56 Å². The molecule has 136 valence electrons. The fourth-order valence-electron chi connectivity index (χ4n) is 2.43. The lowest BCUT2D eigenvalue weighted by molar-refractivity contribution is -0.202. The van der Waals surface area contributed by atoms with E-state index in [9.17, 15) is 22.4 Å². The molecule has 0 unspecified atom stereocenters. The standard InChI is InChI=1S/C16H10ClF4N3O2/c1-26-14(25)15(16(19,20)21)22-12-7-6-9(17)8-24(12)13(23-15)10-4-2-3-5-11(10)18/h2-8H,1H3/t15-/m0/s1. The molecule has 0 radical (unpaired) electrons. The third-order valence-electron chi connectivity index (χ3n) is 3.64. The number of allylic oxidation sites excluding steroid dienone is 2. The largest absolute Gasteiger partial charge is 0.465 e. The van der Waals surface area contributed by atoms with E-state index in [2.05, 4.69) is 14.7 Å². The summed E-state index contributed by atoms with van der Waals surface area (Å²) in [5.41, 5.74) is -3.80. The van der Waals surface area contributed by atoms with Crippen molar-refractivity contribution in [1.29, 1.82) is 0 Å². The summed E-state index contributed by atoms with van der Waals surface area (Å²) in [5, 5.41) is 0.158. The number of alkyl halides is 3. The van der Waals surface area contributed by atoms with E-state index in [1.807, 2.05) is 0 Å². The molecule has 2 heterocycles. The zero-order valence-corrected chi connectivity index (χ0v) is 13.8. The van der Waals surface area contributed by atoms with Gasteiger partial charge in [0.25, 0.3) is 0 Å². The molecule has 0 fully saturated rings. The topological polar surface area (TPSA) is 54.3 Å². The Bertz CT molecular complexity index is 892. The Kier molecular flexibility index (Phi) is 4.35. The van der Waals surface area contributed by atoms with Crippen LogP contribution in [-0.4, -0.2) is 41.5 Å². The predicted molar refractivity (Wildman–Crippen MR) is 86.1 cm³/mol. The molecule has 0 spiro atoms. The van der Waals surface area contributed by atoms with Crippen LogP contribution in [0.4, 0.5) is 17.6 Å². The molecule has 0 amide bonds. The second-order valence-corrected chi connectivity index (χ2v) is 5.70. The molecule has 0 bridgehead atoms. The number of aliphatic imine (C=N–C) groups is 2. The van der Waals surface area contributed by atoms with Crippen molar-refractivity contribution in [3.63, 3.8) is 0 Å². The van der Waals surface area contributed by atoms with Gasteiger partial charge in [-0.25, -0.2) is 19.2 Å². The van der Waals surface area contributed by atoms with Gasteiger partial charge in [-0.15, -0.1) is 0 Å². The predicted octanol–water partition coefficient (Wildman–Crippen LogP) is 3.37. The summed E-state index contributed by atoms with van der Waals surface area (Å²) in [6, 6.07) is 5.08. The number of hydrogen-bond donors (Lipinski definition) is 0. The van der Waals surface area contributed by atoms with Gasteiger partial charge in [-0.05, 0) is 24.3 Å². The van der Waals surface area contributed by atoms with Gasteiger partial charge in [0.1, 0.15) is 17.5 Å². The number of amidine groups is 2. The smallest absolute Gasteiger partial charge is 0.445 e. The Morgan fingerprint density at radius 3 is 2.54 bits per heavy atom. The van der Waals surface area contributed by atoms with Crippen LogP contribution < -0.4 is 0 Å². The van der Waals surface area contributed by atoms with Gasteiger partial charge < -0.3 is 4.74 Å². The summed E-state index contributed by atoms with van der Waals surface area (Å²) < 4.78 is 59.8. The highest BCUT2D eigenvalue weighted by molar-refractivity contribution is 6.32. The van der Waals surface area contributed by atoms with Crippen LogP contribution in [0.3, 0.4) is 0 Å². The number of rotatable bonds is 2. The number of methoxy groups -OCH3 is 1. The lowest BCUT2D eigenvalue weighted by Crippen LogP contribution is -2.55. The highest BCUT2D eigenvalue weighted by Crippen LogP contribution is 2.40. The molecular weight excluding hydrogens is 378 g/mol. The molecule has 2 aliphatic rings. The van der Waals surface area contributed by atoms with Gasteiger partial charge in [0, 0.05) is 6.20 Å². The van der Waals surface area contributed by atoms with E-state index >= 15 is 0 Å². The van der Waals surface area contributed by atoms with Crippen molar-refractivity contribution < 1.29 is 27.1 Å². The molecule has 5 nitrogen and oxygen atoms in total. The SMILES string of the molecule is COC(=O)[C@]1(C(F)(F)F)N=C2C=CC(Cl)=CN2C(c2ccccc2F)=N1. The van der Waals surface area contributed by atoms with E-state index in [4.69, 9.17) is 11.6 Å². The number of fused-ring (bicyclic) bond motifs is 1. The van der Waals surface area contributed by atoms with Crippen LogP contribution in [0.15, 0.2) is 57.6 Å². The van der Waals surface area contributed by atoms with Crippen molar-refractivity contribution in [2.75, 3.05) is 7.11 Å². The van der Waals surface area contributed by atoms with Crippen molar-refractivity contribution in [3.8, 4) is 0 Å². The number of halogens is 5. The number of esters is 1.